The third kappa shape index (κ3) is 5.48. The van der Waals surface area contributed by atoms with Gasteiger partial charge in [0.05, 0.1) is 0 Å². The van der Waals surface area contributed by atoms with Gasteiger partial charge in [-0.05, 0) is 40.7 Å². The molecule has 0 saturated heterocycles. The molecule has 2 heteroatoms. The van der Waals surface area contributed by atoms with Gasteiger partial charge in [-0.25, -0.2) is 0 Å². The van der Waals surface area contributed by atoms with Crippen LogP contribution in [0.25, 0.3) is 11.1 Å². The molecular weight excluding hydrogens is 250 g/mol. The van der Waals surface area contributed by atoms with E-state index in [4.69, 9.17) is 0 Å². The van der Waals surface area contributed by atoms with Gasteiger partial charge in [-0.15, -0.1) is 0 Å². The second-order valence-electron chi connectivity index (χ2n) is 4.60. The minimum Gasteiger partial charge on any atom is -0.264 e. The number of aromatic nitrogens is 1. The van der Waals surface area contributed by atoms with Crippen LogP contribution in [0.3, 0.4) is 0 Å². The molecule has 0 aliphatic heterocycles. The minimum absolute atomic E-state index is 0.591. The van der Waals surface area contributed by atoms with Crippen LogP contribution in [0.2, 0.25) is 0 Å². The number of rotatable bonds is 3. The highest BCUT2D eigenvalue weighted by atomic mass is 32.2. The molecule has 0 saturated carbocycles. The summed E-state index contributed by atoms with van der Waals surface area (Å²) >= 11 is 1.86. The fourth-order valence-electron chi connectivity index (χ4n) is 1.59. The third-order valence-corrected chi connectivity index (χ3v) is 3.44. The topological polar surface area (TPSA) is 12.9 Å². The summed E-state index contributed by atoms with van der Waals surface area (Å²) in [5, 5.41) is 0. The van der Waals surface area contributed by atoms with Crippen LogP contribution in [0.5, 0.6) is 0 Å². The largest absolute Gasteiger partial charge is 0.264 e. The summed E-state index contributed by atoms with van der Waals surface area (Å²) in [5.74, 6) is 1.83. The summed E-state index contributed by atoms with van der Waals surface area (Å²) in [6.45, 7) is 6.56. The van der Waals surface area contributed by atoms with Gasteiger partial charge in [0.25, 0.3) is 0 Å². The van der Waals surface area contributed by atoms with Crippen molar-refractivity contribution in [3.63, 3.8) is 0 Å². The molecule has 0 atom stereocenters. The van der Waals surface area contributed by atoms with E-state index in [-0.39, 0.29) is 0 Å². The van der Waals surface area contributed by atoms with Gasteiger partial charge in [0.1, 0.15) is 0 Å². The second kappa shape index (κ2) is 8.76. The first kappa shape index (κ1) is 15.8. The lowest BCUT2D eigenvalue weighted by atomic mass is 10.00. The average molecular weight is 273 g/mol. The zero-order valence-corrected chi connectivity index (χ0v) is 13.1. The molecule has 2 aromatic rings. The zero-order chi connectivity index (χ0) is 14.1. The van der Waals surface area contributed by atoms with Gasteiger partial charge < -0.3 is 0 Å². The van der Waals surface area contributed by atoms with E-state index in [1.165, 1.54) is 22.4 Å². The summed E-state index contributed by atoms with van der Waals surface area (Å²) in [5.41, 5.74) is 3.78. The predicted octanol–water partition coefficient (Wildman–Crippen LogP) is 5.24. The van der Waals surface area contributed by atoms with Gasteiger partial charge in [-0.3, -0.25) is 4.98 Å². The average Bonchev–Trinajstić information content (AvgIpc) is 2.48. The monoisotopic (exact) mass is 273 g/mol. The third-order valence-electron chi connectivity index (χ3n) is 2.86. The van der Waals surface area contributed by atoms with Gasteiger partial charge in [0, 0.05) is 12.4 Å². The second-order valence-corrected chi connectivity index (χ2v) is 5.75. The smallest absolute Gasteiger partial charge is 0.0346 e. The molecule has 1 heterocycles. The van der Waals surface area contributed by atoms with E-state index in [9.17, 15) is 0 Å². The molecule has 0 fully saturated rings. The first-order chi connectivity index (χ1) is 9.19. The Morgan fingerprint density at radius 1 is 1.05 bits per heavy atom. The van der Waals surface area contributed by atoms with Crippen LogP contribution in [0.1, 0.15) is 32.3 Å². The van der Waals surface area contributed by atoms with Crippen LogP contribution >= 0.6 is 11.8 Å². The molecule has 1 aromatic heterocycles. The summed E-state index contributed by atoms with van der Waals surface area (Å²) in [6.07, 6.45) is 5.79. The maximum Gasteiger partial charge on any atom is 0.0346 e. The van der Waals surface area contributed by atoms with Crippen LogP contribution < -0.4 is 0 Å². The highest BCUT2D eigenvalue weighted by Gasteiger charge is 2.00. The maximum absolute atomic E-state index is 4.12. The number of pyridine rings is 1. The van der Waals surface area contributed by atoms with Crippen molar-refractivity contribution in [2.45, 2.75) is 26.7 Å². The maximum atomic E-state index is 4.12. The highest BCUT2D eigenvalue weighted by Crippen LogP contribution is 2.21. The molecule has 0 N–H and O–H groups in total. The van der Waals surface area contributed by atoms with Crippen molar-refractivity contribution in [1.29, 1.82) is 0 Å². The lowest BCUT2D eigenvalue weighted by Crippen LogP contribution is -1.86. The molecule has 0 aliphatic carbocycles. The Bertz CT molecular complexity index is 446. The summed E-state index contributed by atoms with van der Waals surface area (Å²) in [4.78, 5) is 4.12. The van der Waals surface area contributed by atoms with Crippen molar-refractivity contribution in [3.05, 3.63) is 54.4 Å². The fraction of sp³-hybridized carbons (Fsp3) is 0.353. The van der Waals surface area contributed by atoms with E-state index in [1.807, 2.05) is 24.0 Å². The van der Waals surface area contributed by atoms with Gasteiger partial charge in [0.2, 0.25) is 0 Å². The molecule has 0 radical (unpaired) electrons. The van der Waals surface area contributed by atoms with Crippen LogP contribution in [-0.4, -0.2) is 17.0 Å². The van der Waals surface area contributed by atoms with Crippen LogP contribution in [-0.2, 0) is 0 Å². The molecule has 0 amide bonds. The van der Waals surface area contributed by atoms with Crippen molar-refractivity contribution in [2.24, 2.45) is 0 Å². The first-order valence-electron chi connectivity index (χ1n) is 6.68. The fourth-order valence-corrected chi connectivity index (χ4v) is 1.59. The van der Waals surface area contributed by atoms with Crippen molar-refractivity contribution in [3.8, 4) is 11.1 Å². The number of benzene rings is 1. The first-order valence-corrected chi connectivity index (χ1v) is 8.07. The lowest BCUT2D eigenvalue weighted by molar-refractivity contribution is 0.867. The lowest BCUT2D eigenvalue weighted by Gasteiger charge is -2.06. The SMILES string of the molecule is CC(C)c1ccc(-c2cccnc2)cc1.CCSC. The van der Waals surface area contributed by atoms with Crippen molar-refractivity contribution in [2.75, 3.05) is 12.0 Å². The van der Waals surface area contributed by atoms with Crippen LogP contribution in [0.4, 0.5) is 0 Å². The molecular formula is C17H23NS. The number of hydrogen-bond donors (Lipinski definition) is 0. The normalized spacial score (nSPS) is 9.95. The summed E-state index contributed by atoms with van der Waals surface area (Å²) in [6, 6.07) is 12.7. The Morgan fingerprint density at radius 3 is 2.11 bits per heavy atom. The minimum atomic E-state index is 0.591. The van der Waals surface area contributed by atoms with E-state index in [1.54, 1.807) is 6.20 Å². The molecule has 19 heavy (non-hydrogen) atoms. The van der Waals surface area contributed by atoms with Crippen molar-refractivity contribution in [1.82, 2.24) is 4.98 Å². The Morgan fingerprint density at radius 2 is 1.68 bits per heavy atom. The van der Waals surface area contributed by atoms with Crippen LogP contribution in [0, 0.1) is 0 Å². The molecule has 1 nitrogen and oxygen atoms in total. The van der Waals surface area contributed by atoms with E-state index < -0.39 is 0 Å². The van der Waals surface area contributed by atoms with Crippen molar-refractivity contribution >= 4 is 11.8 Å². The summed E-state index contributed by atoms with van der Waals surface area (Å²) in [7, 11) is 0. The molecule has 2 rings (SSSR count). The van der Waals surface area contributed by atoms with E-state index in [0.29, 0.717) is 5.92 Å². The molecule has 0 spiro atoms. The van der Waals surface area contributed by atoms with E-state index >= 15 is 0 Å². The number of hydrogen-bond acceptors (Lipinski definition) is 2. The quantitative estimate of drug-likeness (QED) is 0.758. The Balaban J connectivity index is 0.000000399. The van der Waals surface area contributed by atoms with Gasteiger partial charge >= 0.3 is 0 Å². The standard InChI is InChI=1S/C14H15N.C3H8S/c1-11(2)12-5-7-13(8-6-12)14-4-3-9-15-10-14;1-3-4-2/h3-11H,1-2H3;3H2,1-2H3. The molecule has 0 aliphatic rings. The number of nitrogens with zero attached hydrogens (tertiary/aromatic N) is 1. The summed E-state index contributed by atoms with van der Waals surface area (Å²) < 4.78 is 0. The molecule has 102 valence electrons. The molecule has 0 unspecified atom stereocenters. The van der Waals surface area contributed by atoms with Crippen molar-refractivity contribution < 1.29 is 0 Å². The van der Waals surface area contributed by atoms with E-state index in [0.717, 1.165) is 0 Å². The predicted molar refractivity (Wildman–Crippen MR) is 87.8 cm³/mol. The Hall–Kier alpha value is -1.28. The van der Waals surface area contributed by atoms with Crippen LogP contribution in [0.15, 0.2) is 48.8 Å². The Labute approximate surface area is 121 Å². The highest BCUT2D eigenvalue weighted by molar-refractivity contribution is 7.98. The Kier molecular flexibility index (Phi) is 7.27. The molecule has 0 bridgehead atoms. The van der Waals surface area contributed by atoms with Gasteiger partial charge in [-0.2, -0.15) is 11.8 Å². The zero-order valence-electron chi connectivity index (χ0n) is 12.3. The number of thioether (sulfide) groups is 1. The van der Waals surface area contributed by atoms with E-state index in [2.05, 4.69) is 62.3 Å². The molecule has 1 aromatic carbocycles. The van der Waals surface area contributed by atoms with Gasteiger partial charge in [0.15, 0.2) is 0 Å². The van der Waals surface area contributed by atoms with Gasteiger partial charge in [-0.1, -0.05) is 51.1 Å².